The monoisotopic (exact) mass is 224 g/mol. The topological polar surface area (TPSA) is 20.2 Å². The molecule has 2 bridgehead atoms. The minimum atomic E-state index is -4.54. The SMILES string of the molecule is OC(CF)C1(C(F)(F)F)CC2C=CC1C2. The molecule has 5 heteroatoms. The molecule has 1 nitrogen and oxygen atoms in total. The van der Waals surface area contributed by atoms with Gasteiger partial charge >= 0.3 is 6.18 Å². The van der Waals surface area contributed by atoms with Crippen LogP contribution in [0.3, 0.4) is 0 Å². The van der Waals surface area contributed by atoms with Crippen LogP contribution < -0.4 is 0 Å². The lowest BCUT2D eigenvalue weighted by atomic mass is 9.71. The minimum Gasteiger partial charge on any atom is -0.389 e. The van der Waals surface area contributed by atoms with Gasteiger partial charge in [0.2, 0.25) is 0 Å². The third-order valence-electron chi connectivity index (χ3n) is 3.70. The van der Waals surface area contributed by atoms with Crippen molar-refractivity contribution in [1.29, 1.82) is 0 Å². The second-order valence-corrected chi connectivity index (χ2v) is 4.40. The number of rotatable bonds is 2. The number of fused-ring (bicyclic) bond motifs is 2. The Balaban J connectivity index is 2.38. The highest BCUT2D eigenvalue weighted by molar-refractivity contribution is 5.19. The second kappa shape index (κ2) is 3.20. The predicted molar refractivity (Wildman–Crippen MR) is 45.8 cm³/mol. The molecule has 1 fully saturated rings. The van der Waals surface area contributed by atoms with Crippen LogP contribution in [0.25, 0.3) is 0 Å². The molecule has 0 heterocycles. The lowest BCUT2D eigenvalue weighted by Gasteiger charge is -2.40. The molecular weight excluding hydrogens is 212 g/mol. The summed E-state index contributed by atoms with van der Waals surface area (Å²) >= 11 is 0. The van der Waals surface area contributed by atoms with Crippen LogP contribution in [0.1, 0.15) is 12.8 Å². The van der Waals surface area contributed by atoms with E-state index in [4.69, 9.17) is 0 Å². The van der Waals surface area contributed by atoms with Crippen LogP contribution in [0.5, 0.6) is 0 Å². The first kappa shape index (κ1) is 10.9. The average molecular weight is 224 g/mol. The molecule has 15 heavy (non-hydrogen) atoms. The van der Waals surface area contributed by atoms with Crippen molar-refractivity contribution in [2.24, 2.45) is 17.3 Å². The fourth-order valence-electron chi connectivity index (χ4n) is 2.93. The van der Waals surface area contributed by atoms with E-state index < -0.39 is 30.3 Å². The molecule has 0 amide bonds. The van der Waals surface area contributed by atoms with Gasteiger partial charge in [-0.3, -0.25) is 0 Å². The van der Waals surface area contributed by atoms with Crippen molar-refractivity contribution in [2.75, 3.05) is 6.67 Å². The largest absolute Gasteiger partial charge is 0.397 e. The summed E-state index contributed by atoms with van der Waals surface area (Å²) in [5.41, 5.74) is -2.25. The quantitative estimate of drug-likeness (QED) is 0.564. The van der Waals surface area contributed by atoms with Crippen molar-refractivity contribution in [3.63, 3.8) is 0 Å². The van der Waals surface area contributed by atoms with Gasteiger partial charge < -0.3 is 5.11 Å². The number of alkyl halides is 4. The molecule has 0 radical (unpaired) electrons. The van der Waals surface area contributed by atoms with Crippen molar-refractivity contribution >= 4 is 0 Å². The Bertz CT molecular complexity index is 286. The van der Waals surface area contributed by atoms with E-state index in [1.807, 2.05) is 0 Å². The van der Waals surface area contributed by atoms with Gasteiger partial charge in [-0.05, 0) is 24.7 Å². The van der Waals surface area contributed by atoms with Gasteiger partial charge in [-0.2, -0.15) is 13.2 Å². The van der Waals surface area contributed by atoms with Gasteiger partial charge in [0.05, 0.1) is 6.10 Å². The Morgan fingerprint density at radius 1 is 1.40 bits per heavy atom. The smallest absolute Gasteiger partial charge is 0.389 e. The maximum Gasteiger partial charge on any atom is 0.397 e. The van der Waals surface area contributed by atoms with Crippen LogP contribution >= 0.6 is 0 Å². The first-order valence-electron chi connectivity index (χ1n) is 4.91. The zero-order valence-corrected chi connectivity index (χ0v) is 7.97. The summed E-state index contributed by atoms with van der Waals surface area (Å²) in [7, 11) is 0. The summed E-state index contributed by atoms with van der Waals surface area (Å²) in [6, 6.07) is 0. The Morgan fingerprint density at radius 2 is 2.07 bits per heavy atom. The lowest BCUT2D eigenvalue weighted by Crippen LogP contribution is -2.51. The molecule has 86 valence electrons. The van der Waals surface area contributed by atoms with Gasteiger partial charge in [-0.1, -0.05) is 12.2 Å². The third kappa shape index (κ3) is 1.32. The Morgan fingerprint density at radius 3 is 2.40 bits per heavy atom. The fourth-order valence-corrected chi connectivity index (χ4v) is 2.93. The summed E-state index contributed by atoms with van der Waals surface area (Å²) < 4.78 is 51.2. The highest BCUT2D eigenvalue weighted by Crippen LogP contribution is 2.61. The van der Waals surface area contributed by atoms with Crippen molar-refractivity contribution in [2.45, 2.75) is 25.1 Å². The van der Waals surface area contributed by atoms with E-state index in [0.29, 0.717) is 6.42 Å². The molecule has 0 saturated heterocycles. The molecule has 0 aromatic heterocycles. The number of aliphatic hydroxyl groups is 1. The standard InChI is InChI=1S/C10H12F4O/c11-5-8(15)9(10(12,13)14)4-6-1-2-7(9)3-6/h1-2,6-8,15H,3-5H2. The molecule has 0 aliphatic heterocycles. The third-order valence-corrected chi connectivity index (χ3v) is 3.70. The molecule has 2 aliphatic carbocycles. The van der Waals surface area contributed by atoms with Crippen molar-refractivity contribution in [3.05, 3.63) is 12.2 Å². The number of hydrogen-bond acceptors (Lipinski definition) is 1. The van der Waals surface area contributed by atoms with E-state index in [9.17, 15) is 22.7 Å². The minimum absolute atomic E-state index is 0.155. The molecule has 1 saturated carbocycles. The zero-order chi connectivity index (χ0) is 11.3. The van der Waals surface area contributed by atoms with Crippen LogP contribution in [0.15, 0.2) is 12.2 Å². The van der Waals surface area contributed by atoms with Crippen LogP contribution in [-0.4, -0.2) is 24.1 Å². The predicted octanol–water partition coefficient (Wildman–Crippen LogP) is 2.46. The summed E-state index contributed by atoms with van der Waals surface area (Å²) in [4.78, 5) is 0. The van der Waals surface area contributed by atoms with E-state index in [1.165, 1.54) is 6.08 Å². The molecule has 0 aromatic rings. The van der Waals surface area contributed by atoms with Gasteiger partial charge in [-0.15, -0.1) is 0 Å². The summed E-state index contributed by atoms with van der Waals surface area (Å²) in [5, 5.41) is 9.34. The fraction of sp³-hybridized carbons (Fsp3) is 0.800. The maximum absolute atomic E-state index is 13.0. The van der Waals surface area contributed by atoms with Crippen molar-refractivity contribution < 1.29 is 22.7 Å². The first-order chi connectivity index (χ1) is 6.91. The Kier molecular flexibility index (Phi) is 2.33. The second-order valence-electron chi connectivity index (χ2n) is 4.40. The number of aliphatic hydroxyl groups excluding tert-OH is 1. The van der Waals surface area contributed by atoms with Gasteiger partial charge in [0.25, 0.3) is 0 Å². The van der Waals surface area contributed by atoms with Crippen LogP contribution in [0.4, 0.5) is 17.6 Å². The molecule has 0 spiro atoms. The number of halogens is 4. The van der Waals surface area contributed by atoms with Crippen LogP contribution in [0.2, 0.25) is 0 Å². The van der Waals surface area contributed by atoms with Crippen molar-refractivity contribution in [3.8, 4) is 0 Å². The lowest BCUT2D eigenvalue weighted by molar-refractivity contribution is -0.266. The van der Waals surface area contributed by atoms with E-state index >= 15 is 0 Å². The van der Waals surface area contributed by atoms with E-state index in [0.717, 1.165) is 0 Å². The molecule has 2 aliphatic rings. The summed E-state index contributed by atoms with van der Waals surface area (Å²) in [5.74, 6) is -0.911. The van der Waals surface area contributed by atoms with E-state index in [-0.39, 0.29) is 12.3 Å². The van der Waals surface area contributed by atoms with Gasteiger partial charge in [0, 0.05) is 0 Å². The zero-order valence-electron chi connectivity index (χ0n) is 7.97. The summed E-state index contributed by atoms with van der Waals surface area (Å²) in [6.45, 7) is -1.34. The summed E-state index contributed by atoms with van der Waals surface area (Å²) in [6.07, 6.45) is -3.06. The van der Waals surface area contributed by atoms with Gasteiger partial charge in [-0.25, -0.2) is 4.39 Å². The van der Waals surface area contributed by atoms with Gasteiger partial charge in [0.1, 0.15) is 12.1 Å². The first-order valence-corrected chi connectivity index (χ1v) is 4.91. The molecule has 1 N–H and O–H groups in total. The average Bonchev–Trinajstić information content (AvgIpc) is 2.74. The van der Waals surface area contributed by atoms with Crippen molar-refractivity contribution in [1.82, 2.24) is 0 Å². The van der Waals surface area contributed by atoms with E-state index in [2.05, 4.69) is 0 Å². The highest BCUT2D eigenvalue weighted by Gasteiger charge is 2.67. The molecule has 4 atom stereocenters. The van der Waals surface area contributed by atoms with Crippen LogP contribution in [0, 0.1) is 17.3 Å². The van der Waals surface area contributed by atoms with E-state index in [1.54, 1.807) is 6.08 Å². The normalized spacial score (nSPS) is 41.1. The number of hydrogen-bond donors (Lipinski definition) is 1. The van der Waals surface area contributed by atoms with Gasteiger partial charge in [0.15, 0.2) is 0 Å². The molecule has 2 rings (SSSR count). The Hall–Kier alpha value is -0.580. The van der Waals surface area contributed by atoms with Crippen LogP contribution in [-0.2, 0) is 0 Å². The Labute approximate surface area is 84.8 Å². The molecule has 4 unspecified atom stereocenters. The molecule has 0 aromatic carbocycles. The highest BCUT2D eigenvalue weighted by atomic mass is 19.4. The number of allylic oxidation sites excluding steroid dienone is 2. The molecular formula is C10H12F4O. The maximum atomic E-state index is 13.0.